The minimum atomic E-state index is -0.398. The maximum atomic E-state index is 12.7. The molecule has 0 bridgehead atoms. The van der Waals surface area contributed by atoms with E-state index in [0.717, 1.165) is 37.4 Å². The predicted octanol–water partition coefficient (Wildman–Crippen LogP) is 5.68. The third kappa shape index (κ3) is 7.17. The van der Waals surface area contributed by atoms with Crippen molar-refractivity contribution in [1.82, 2.24) is 0 Å². The average Bonchev–Trinajstić information content (AvgIpc) is 2.96. The van der Waals surface area contributed by atoms with Gasteiger partial charge in [0, 0.05) is 57.9 Å². The van der Waals surface area contributed by atoms with Crippen molar-refractivity contribution < 1.29 is 0 Å². The monoisotopic (exact) mass is 646 g/mol. The van der Waals surface area contributed by atoms with Crippen LogP contribution in [0.3, 0.4) is 0 Å². The molecule has 0 aliphatic carbocycles. The molecule has 0 amide bonds. The summed E-state index contributed by atoms with van der Waals surface area (Å²) < 4.78 is 1.04. The smallest absolute Gasteiger partial charge is 0.224 e. The molecular formula is C31H46N6O3S3. The van der Waals surface area contributed by atoms with Crippen LogP contribution in [0, 0.1) is 13.5 Å². The lowest BCUT2D eigenvalue weighted by atomic mass is 9.97. The van der Waals surface area contributed by atoms with Gasteiger partial charge in [-0.2, -0.15) is 0 Å². The van der Waals surface area contributed by atoms with Crippen molar-refractivity contribution in [2.24, 2.45) is 0 Å². The highest BCUT2D eigenvalue weighted by Gasteiger charge is 2.30. The summed E-state index contributed by atoms with van der Waals surface area (Å²) in [6.07, 6.45) is 2.30. The summed E-state index contributed by atoms with van der Waals surface area (Å²) in [6, 6.07) is 0. The second-order valence-electron chi connectivity index (χ2n) is 12.6. The molecule has 236 valence electrons. The third-order valence-corrected chi connectivity index (χ3v) is 9.27. The summed E-state index contributed by atoms with van der Waals surface area (Å²) in [5, 5.41) is 10.2. The second-order valence-corrected chi connectivity index (χ2v) is 13.8. The van der Waals surface area contributed by atoms with Gasteiger partial charge in [0.05, 0.1) is 17.1 Å². The summed E-state index contributed by atoms with van der Waals surface area (Å²) in [5.41, 5.74) is 2.93. The van der Waals surface area contributed by atoms with E-state index in [9.17, 15) is 14.4 Å². The van der Waals surface area contributed by atoms with Crippen LogP contribution in [-0.4, -0.2) is 57.9 Å². The molecule has 3 rings (SSSR count). The van der Waals surface area contributed by atoms with Crippen LogP contribution in [0.5, 0.6) is 0 Å². The van der Waals surface area contributed by atoms with Gasteiger partial charge in [-0.15, -0.1) is 0 Å². The van der Waals surface area contributed by atoms with Crippen molar-refractivity contribution in [2.75, 3.05) is 77.5 Å². The molecule has 0 saturated carbocycles. The van der Waals surface area contributed by atoms with Crippen molar-refractivity contribution in [3.63, 3.8) is 0 Å². The number of anilines is 6. The lowest BCUT2D eigenvalue weighted by Crippen LogP contribution is -2.41. The van der Waals surface area contributed by atoms with Crippen LogP contribution in [0.4, 0.5) is 34.1 Å². The fourth-order valence-corrected chi connectivity index (χ4v) is 6.22. The first-order valence-electron chi connectivity index (χ1n) is 15.0. The Hall–Kier alpha value is -2.70. The highest BCUT2D eigenvalue weighted by Crippen LogP contribution is 2.33. The highest BCUT2D eigenvalue weighted by atomic mass is 32.1. The van der Waals surface area contributed by atoms with Gasteiger partial charge in [-0.3, -0.25) is 14.4 Å². The van der Waals surface area contributed by atoms with Crippen molar-refractivity contribution in [3.8, 4) is 0 Å². The summed E-state index contributed by atoms with van der Waals surface area (Å²) in [7, 11) is 3.82. The molecule has 12 heteroatoms. The molecule has 3 N–H and O–H groups in total. The van der Waals surface area contributed by atoms with E-state index >= 15 is 0 Å². The molecule has 0 spiro atoms. The minimum Gasteiger partial charge on any atom is -0.380 e. The van der Waals surface area contributed by atoms with Crippen molar-refractivity contribution in [2.45, 2.75) is 78.8 Å². The predicted molar refractivity (Wildman–Crippen MR) is 191 cm³/mol. The lowest BCUT2D eigenvalue weighted by molar-refractivity contribution is 0.518. The Balaban J connectivity index is 1.61. The maximum absolute atomic E-state index is 12.7. The van der Waals surface area contributed by atoms with Gasteiger partial charge in [0.1, 0.15) is 30.6 Å². The number of nitrogens with zero attached hydrogens (tertiary/aromatic N) is 3. The van der Waals surface area contributed by atoms with Gasteiger partial charge >= 0.3 is 0 Å². The second kappa shape index (κ2) is 13.5. The zero-order valence-corrected chi connectivity index (χ0v) is 29.4. The zero-order chi connectivity index (χ0) is 32.4. The fraction of sp³-hybridized carbons (Fsp3) is 0.613. The molecule has 43 heavy (non-hydrogen) atoms. The number of hydrogen-bond acceptors (Lipinski definition) is 12. The van der Waals surface area contributed by atoms with E-state index in [2.05, 4.69) is 55.5 Å². The van der Waals surface area contributed by atoms with Gasteiger partial charge in [0.2, 0.25) is 16.3 Å². The Morgan fingerprint density at radius 3 is 1.72 bits per heavy atom. The van der Waals surface area contributed by atoms with Crippen molar-refractivity contribution in [1.29, 1.82) is 0 Å². The fourth-order valence-electron chi connectivity index (χ4n) is 5.40. The maximum Gasteiger partial charge on any atom is 0.224 e. The van der Waals surface area contributed by atoms with Gasteiger partial charge in [0.15, 0.2) is 0 Å². The molecular weight excluding hydrogens is 601 g/mol. The average molecular weight is 647 g/mol. The zero-order valence-electron chi connectivity index (χ0n) is 26.9. The molecule has 0 aliphatic rings. The van der Waals surface area contributed by atoms with Crippen LogP contribution in [0.2, 0.25) is 0 Å². The van der Waals surface area contributed by atoms with Gasteiger partial charge in [-0.25, -0.2) is 0 Å². The molecule has 0 atom stereocenters. The molecule has 3 aromatic rings. The normalized spacial score (nSPS) is 12.2. The number of hydrogen-bond donors (Lipinski definition) is 3. The van der Waals surface area contributed by atoms with E-state index in [0.29, 0.717) is 62.2 Å². The molecule has 9 nitrogen and oxygen atoms in total. The lowest BCUT2D eigenvalue weighted by Gasteiger charge is -2.35. The van der Waals surface area contributed by atoms with Crippen LogP contribution in [-0.2, 0) is 0 Å². The molecule has 0 heterocycles. The van der Waals surface area contributed by atoms with E-state index in [1.165, 1.54) is 0 Å². The topological polar surface area (TPSA) is 97.0 Å². The summed E-state index contributed by atoms with van der Waals surface area (Å²) in [4.78, 5) is 43.7. The van der Waals surface area contributed by atoms with Crippen molar-refractivity contribution in [3.05, 3.63) is 44.2 Å². The quantitative estimate of drug-likeness (QED) is 0.148. The first kappa shape index (κ1) is 34.8. The van der Waals surface area contributed by atoms with Crippen molar-refractivity contribution >= 4 is 70.8 Å². The highest BCUT2D eigenvalue weighted by molar-refractivity contribution is 7.72. The Kier molecular flexibility index (Phi) is 10.9. The Labute approximate surface area is 270 Å². The largest absolute Gasteiger partial charge is 0.380 e. The Morgan fingerprint density at radius 2 is 1.14 bits per heavy atom. The van der Waals surface area contributed by atoms with E-state index in [1.807, 2.05) is 37.7 Å². The van der Waals surface area contributed by atoms with Gasteiger partial charge in [-0.1, -0.05) is 43.6 Å². The summed E-state index contributed by atoms with van der Waals surface area (Å²) in [5.74, 6) is 0. The molecule has 0 unspecified atom stereocenters. The van der Waals surface area contributed by atoms with Crippen LogP contribution in [0.1, 0.15) is 67.7 Å². The number of rotatable bonds is 18. The van der Waals surface area contributed by atoms with Gasteiger partial charge in [0.25, 0.3) is 0 Å². The van der Waals surface area contributed by atoms with Crippen LogP contribution >= 0.6 is 36.7 Å². The molecule has 3 aromatic carbocycles. The molecule has 0 fully saturated rings. The molecule has 0 aromatic heterocycles. The van der Waals surface area contributed by atoms with E-state index in [1.54, 1.807) is 0 Å². The van der Waals surface area contributed by atoms with E-state index < -0.39 is 5.54 Å². The van der Waals surface area contributed by atoms with Gasteiger partial charge in [-0.05, 0) is 60.8 Å². The third-order valence-electron chi connectivity index (χ3n) is 8.11. The SMILES string of the molecule is CCCN(C)c1c(NC(C)(C)CCNc2c(NC(C)(C)CCN(C)c3c(N(CC)CC)c(=S)c3=O)c(=S)c2=O)c(=S)c1=O. The minimum absolute atomic E-state index is 0.0752. The molecule has 0 radical (unpaired) electrons. The Bertz CT molecular complexity index is 1670. The van der Waals surface area contributed by atoms with Gasteiger partial charge < -0.3 is 30.7 Å². The summed E-state index contributed by atoms with van der Waals surface area (Å²) >= 11 is 16.1. The standard InChI is InChI=1S/C31H46N6O3S3/c1-10-16-35(8)21-20(28(42)25(21)39)34-30(4,5)13-15-32-18-19(27(41)24(18)38)33-31(6,7)14-17-36(9)22-23(29(43)26(22)40)37(11-2)12-3/h32-34H,10-17H2,1-9H3. The molecule has 0 aliphatic heterocycles. The summed E-state index contributed by atoms with van der Waals surface area (Å²) in [6.45, 7) is 17.9. The van der Waals surface area contributed by atoms with Crippen LogP contribution in [0.25, 0.3) is 0 Å². The van der Waals surface area contributed by atoms with Crippen LogP contribution < -0.4 is 46.9 Å². The molecule has 0 saturated heterocycles. The Morgan fingerprint density at radius 1 is 0.628 bits per heavy atom. The van der Waals surface area contributed by atoms with E-state index in [-0.39, 0.29) is 21.8 Å². The first-order valence-corrected chi connectivity index (χ1v) is 16.2. The number of nitrogens with one attached hydrogen (secondary N) is 3. The van der Waals surface area contributed by atoms with E-state index in [4.69, 9.17) is 36.7 Å². The first-order chi connectivity index (χ1) is 20.0. The van der Waals surface area contributed by atoms with Crippen LogP contribution in [0.15, 0.2) is 14.4 Å².